The van der Waals surface area contributed by atoms with Crippen molar-refractivity contribution in [3.05, 3.63) is 91.0 Å². The fourth-order valence-electron chi connectivity index (χ4n) is 2.85. The first-order chi connectivity index (χ1) is 12.9. The Morgan fingerprint density at radius 3 is 1.89 bits per heavy atom. The summed E-state index contributed by atoms with van der Waals surface area (Å²) in [5, 5.41) is 12.3. The zero-order chi connectivity index (χ0) is 19.6. The number of rotatable bonds is 6. The molecule has 0 radical (unpaired) electrons. The Balaban J connectivity index is 2.15. The predicted molar refractivity (Wildman–Crippen MR) is 105 cm³/mol. The molecule has 0 saturated carbocycles. The van der Waals surface area contributed by atoms with Gasteiger partial charge in [-0.05, 0) is 46.7 Å². The standard InChI is InChI=1S/C18H13Cl2N3O3S/c19-12-5-1-10(2-6-12)15(11-3-7-13(20)8-4-11)16(17(21)24)18-22-9-14(27-18)23(25)26/h1-9,15-16H,(H2,21,24). The minimum atomic E-state index is -0.883. The van der Waals surface area contributed by atoms with Crippen molar-refractivity contribution in [3.8, 4) is 0 Å². The van der Waals surface area contributed by atoms with E-state index in [1.165, 1.54) is 0 Å². The molecule has 27 heavy (non-hydrogen) atoms. The van der Waals surface area contributed by atoms with E-state index >= 15 is 0 Å². The normalized spacial score (nSPS) is 12.1. The van der Waals surface area contributed by atoms with Gasteiger partial charge in [0.2, 0.25) is 5.91 Å². The molecule has 3 aromatic rings. The molecule has 0 saturated heterocycles. The molecule has 1 amide bonds. The molecule has 1 heterocycles. The number of halogens is 2. The molecule has 0 bridgehead atoms. The van der Waals surface area contributed by atoms with E-state index in [0.29, 0.717) is 10.0 Å². The summed E-state index contributed by atoms with van der Waals surface area (Å²) in [5.41, 5.74) is 7.26. The summed E-state index contributed by atoms with van der Waals surface area (Å²) in [6.45, 7) is 0. The lowest BCUT2D eigenvalue weighted by molar-refractivity contribution is -0.380. The smallest absolute Gasteiger partial charge is 0.343 e. The second-order valence-corrected chi connectivity index (χ2v) is 7.67. The van der Waals surface area contributed by atoms with Crippen LogP contribution in [0.3, 0.4) is 0 Å². The third kappa shape index (κ3) is 4.27. The average molecular weight is 422 g/mol. The molecular formula is C18H13Cl2N3O3S. The number of hydrogen-bond donors (Lipinski definition) is 1. The topological polar surface area (TPSA) is 99.1 Å². The lowest BCUT2D eigenvalue weighted by Crippen LogP contribution is -2.27. The number of aromatic nitrogens is 1. The van der Waals surface area contributed by atoms with E-state index < -0.39 is 22.7 Å². The van der Waals surface area contributed by atoms with Gasteiger partial charge in [0, 0.05) is 16.0 Å². The average Bonchev–Trinajstić information content (AvgIpc) is 3.11. The molecule has 0 aliphatic carbocycles. The van der Waals surface area contributed by atoms with Gasteiger partial charge in [-0.15, -0.1) is 0 Å². The number of nitrogens with zero attached hydrogens (tertiary/aromatic N) is 2. The van der Waals surface area contributed by atoms with Gasteiger partial charge in [0.15, 0.2) is 0 Å². The third-order valence-electron chi connectivity index (χ3n) is 4.06. The molecule has 138 valence electrons. The van der Waals surface area contributed by atoms with Crippen LogP contribution in [0.2, 0.25) is 10.0 Å². The first-order valence-electron chi connectivity index (χ1n) is 7.77. The molecular weight excluding hydrogens is 409 g/mol. The lowest BCUT2D eigenvalue weighted by atomic mass is 9.80. The largest absolute Gasteiger partial charge is 0.369 e. The number of nitro groups is 1. The Morgan fingerprint density at radius 1 is 1.04 bits per heavy atom. The van der Waals surface area contributed by atoms with Crippen LogP contribution in [0.5, 0.6) is 0 Å². The van der Waals surface area contributed by atoms with Gasteiger partial charge >= 0.3 is 5.00 Å². The SMILES string of the molecule is NC(=O)C(c1ncc([N+](=O)[O-])s1)C(c1ccc(Cl)cc1)c1ccc(Cl)cc1. The number of nitrogens with two attached hydrogens (primary N) is 1. The lowest BCUT2D eigenvalue weighted by Gasteiger charge is -2.24. The van der Waals surface area contributed by atoms with Crippen molar-refractivity contribution in [1.82, 2.24) is 4.98 Å². The summed E-state index contributed by atoms with van der Waals surface area (Å²) >= 11 is 12.8. The number of thiazole rings is 1. The molecule has 0 fully saturated rings. The number of hydrogen-bond acceptors (Lipinski definition) is 5. The second-order valence-electron chi connectivity index (χ2n) is 5.75. The van der Waals surface area contributed by atoms with Crippen molar-refractivity contribution >= 4 is 45.4 Å². The van der Waals surface area contributed by atoms with Crippen LogP contribution in [0.1, 0.15) is 28.0 Å². The molecule has 0 spiro atoms. The molecule has 1 aromatic heterocycles. The van der Waals surface area contributed by atoms with E-state index in [1.807, 2.05) is 0 Å². The van der Waals surface area contributed by atoms with Crippen LogP contribution < -0.4 is 5.73 Å². The monoisotopic (exact) mass is 421 g/mol. The quantitative estimate of drug-likeness (QED) is 0.457. The van der Waals surface area contributed by atoms with Crippen molar-refractivity contribution in [3.63, 3.8) is 0 Å². The van der Waals surface area contributed by atoms with E-state index in [4.69, 9.17) is 28.9 Å². The van der Waals surface area contributed by atoms with E-state index in [-0.39, 0.29) is 10.0 Å². The highest BCUT2D eigenvalue weighted by atomic mass is 35.5. The van der Waals surface area contributed by atoms with Gasteiger partial charge in [-0.25, -0.2) is 4.98 Å². The Hall–Kier alpha value is -2.48. The molecule has 0 aliphatic rings. The maximum absolute atomic E-state index is 12.4. The summed E-state index contributed by atoms with van der Waals surface area (Å²) in [6, 6.07) is 14.0. The highest BCUT2D eigenvalue weighted by Crippen LogP contribution is 2.41. The molecule has 6 nitrogen and oxygen atoms in total. The van der Waals surface area contributed by atoms with Crippen molar-refractivity contribution < 1.29 is 9.72 Å². The molecule has 2 aromatic carbocycles. The van der Waals surface area contributed by atoms with Crippen LogP contribution in [-0.2, 0) is 4.79 Å². The second kappa shape index (κ2) is 8.04. The van der Waals surface area contributed by atoms with Crippen LogP contribution in [0.4, 0.5) is 5.00 Å². The van der Waals surface area contributed by atoms with Gasteiger partial charge in [0.25, 0.3) is 0 Å². The molecule has 3 rings (SSSR count). The summed E-state index contributed by atoms with van der Waals surface area (Å²) in [7, 11) is 0. The highest BCUT2D eigenvalue weighted by molar-refractivity contribution is 7.15. The van der Waals surface area contributed by atoms with E-state index in [1.54, 1.807) is 48.5 Å². The Bertz CT molecular complexity index is 929. The maximum Gasteiger partial charge on any atom is 0.343 e. The molecule has 0 aliphatic heterocycles. The van der Waals surface area contributed by atoms with Crippen LogP contribution in [-0.4, -0.2) is 15.8 Å². The molecule has 1 unspecified atom stereocenters. The number of carbonyl (C=O) groups excluding carboxylic acids is 1. The van der Waals surface area contributed by atoms with E-state index in [2.05, 4.69) is 4.98 Å². The van der Waals surface area contributed by atoms with Gasteiger partial charge in [0.05, 0.1) is 4.92 Å². The van der Waals surface area contributed by atoms with Crippen molar-refractivity contribution in [2.24, 2.45) is 5.73 Å². The first-order valence-corrected chi connectivity index (χ1v) is 9.34. The number of primary amides is 1. The van der Waals surface area contributed by atoms with Crippen LogP contribution in [0.25, 0.3) is 0 Å². The number of amides is 1. The Kier molecular flexibility index (Phi) is 5.74. The van der Waals surface area contributed by atoms with E-state index in [9.17, 15) is 14.9 Å². The van der Waals surface area contributed by atoms with E-state index in [0.717, 1.165) is 28.7 Å². The van der Waals surface area contributed by atoms with Gasteiger partial charge in [-0.1, -0.05) is 47.5 Å². The van der Waals surface area contributed by atoms with Crippen LogP contribution in [0, 0.1) is 10.1 Å². The minimum absolute atomic E-state index is 0.151. The Morgan fingerprint density at radius 2 is 1.52 bits per heavy atom. The van der Waals surface area contributed by atoms with Crippen molar-refractivity contribution in [2.45, 2.75) is 11.8 Å². The summed E-state index contributed by atoms with van der Waals surface area (Å²) < 4.78 is 0. The van der Waals surface area contributed by atoms with Gasteiger partial charge in [-0.3, -0.25) is 14.9 Å². The van der Waals surface area contributed by atoms with Gasteiger partial charge in [-0.2, -0.15) is 0 Å². The summed E-state index contributed by atoms with van der Waals surface area (Å²) in [5.74, 6) is -2.01. The summed E-state index contributed by atoms with van der Waals surface area (Å²) in [4.78, 5) is 26.9. The molecule has 2 N–H and O–H groups in total. The van der Waals surface area contributed by atoms with Gasteiger partial charge in [0.1, 0.15) is 17.1 Å². The molecule has 1 atom stereocenters. The zero-order valence-electron chi connectivity index (χ0n) is 13.7. The number of carbonyl (C=O) groups is 1. The fraction of sp³-hybridized carbons (Fsp3) is 0.111. The maximum atomic E-state index is 12.4. The van der Waals surface area contributed by atoms with Crippen molar-refractivity contribution in [2.75, 3.05) is 0 Å². The highest BCUT2D eigenvalue weighted by Gasteiger charge is 2.34. The Labute approximate surface area is 168 Å². The first kappa shape index (κ1) is 19.3. The van der Waals surface area contributed by atoms with Crippen molar-refractivity contribution in [1.29, 1.82) is 0 Å². The minimum Gasteiger partial charge on any atom is -0.369 e. The summed E-state index contributed by atoms with van der Waals surface area (Å²) in [6.07, 6.45) is 1.14. The number of benzene rings is 2. The van der Waals surface area contributed by atoms with Crippen LogP contribution >= 0.6 is 34.5 Å². The molecule has 9 heteroatoms. The van der Waals surface area contributed by atoms with Crippen LogP contribution in [0.15, 0.2) is 54.7 Å². The fourth-order valence-corrected chi connectivity index (χ4v) is 3.98. The zero-order valence-corrected chi connectivity index (χ0v) is 16.0. The third-order valence-corrected chi connectivity index (χ3v) is 5.59. The van der Waals surface area contributed by atoms with Gasteiger partial charge < -0.3 is 5.73 Å². The predicted octanol–water partition coefficient (Wildman–Crippen LogP) is 4.76.